The lowest BCUT2D eigenvalue weighted by Gasteiger charge is -2.20. The Hall–Kier alpha value is -3.39. The van der Waals surface area contributed by atoms with E-state index in [-0.39, 0.29) is 11.4 Å². The summed E-state index contributed by atoms with van der Waals surface area (Å²) in [7, 11) is 0. The molecule has 0 atom stereocenters. The number of nitriles is 1. The Labute approximate surface area is 152 Å². The topological polar surface area (TPSA) is 72.8 Å². The van der Waals surface area contributed by atoms with Crippen molar-refractivity contribution in [1.82, 2.24) is 9.97 Å². The number of aromatic nitrogens is 2. The molecule has 0 aliphatic carbocycles. The highest BCUT2D eigenvalue weighted by Gasteiger charge is 2.08. The summed E-state index contributed by atoms with van der Waals surface area (Å²) >= 11 is 0. The van der Waals surface area contributed by atoms with Gasteiger partial charge in [-0.25, -0.2) is 4.98 Å². The maximum absolute atomic E-state index is 12.2. The molecule has 0 fully saturated rings. The van der Waals surface area contributed by atoms with Gasteiger partial charge in [0.15, 0.2) is 5.82 Å². The summed E-state index contributed by atoms with van der Waals surface area (Å²) in [6.45, 7) is 6.12. The zero-order valence-electron chi connectivity index (χ0n) is 14.9. The molecular formula is C21H20N4O. The first-order chi connectivity index (χ1) is 12.7. The first-order valence-corrected chi connectivity index (χ1v) is 8.62. The number of allylic oxidation sites excluding steroid dienone is 1. The largest absolute Gasteiger partial charge is 0.372 e. The van der Waals surface area contributed by atoms with E-state index in [9.17, 15) is 10.1 Å². The maximum atomic E-state index is 12.2. The Morgan fingerprint density at radius 1 is 1.15 bits per heavy atom. The van der Waals surface area contributed by atoms with E-state index in [2.05, 4.69) is 34.8 Å². The number of aromatic amines is 1. The molecule has 1 heterocycles. The molecule has 0 amide bonds. The van der Waals surface area contributed by atoms with Crippen molar-refractivity contribution in [3.05, 3.63) is 70.3 Å². The minimum absolute atomic E-state index is 0.247. The van der Waals surface area contributed by atoms with E-state index in [1.807, 2.05) is 30.3 Å². The molecule has 3 aromatic rings. The predicted octanol–water partition coefficient (Wildman–Crippen LogP) is 3.83. The van der Waals surface area contributed by atoms with Crippen LogP contribution in [0.5, 0.6) is 0 Å². The normalized spacial score (nSPS) is 11.3. The van der Waals surface area contributed by atoms with Crippen molar-refractivity contribution in [3.63, 3.8) is 0 Å². The number of nitrogens with one attached hydrogen (secondary N) is 1. The Morgan fingerprint density at radius 2 is 1.85 bits per heavy atom. The van der Waals surface area contributed by atoms with Crippen LogP contribution in [0.25, 0.3) is 22.6 Å². The molecular weight excluding hydrogens is 324 g/mol. The van der Waals surface area contributed by atoms with Gasteiger partial charge in [-0.05, 0) is 49.8 Å². The lowest BCUT2D eigenvalue weighted by molar-refractivity contribution is 0.866. The van der Waals surface area contributed by atoms with Gasteiger partial charge >= 0.3 is 0 Å². The van der Waals surface area contributed by atoms with Gasteiger partial charge in [0.25, 0.3) is 5.56 Å². The number of benzene rings is 2. The van der Waals surface area contributed by atoms with Gasteiger partial charge in [-0.15, -0.1) is 0 Å². The molecule has 0 aliphatic heterocycles. The third kappa shape index (κ3) is 3.50. The van der Waals surface area contributed by atoms with Gasteiger partial charge in [0.2, 0.25) is 0 Å². The van der Waals surface area contributed by atoms with Crippen molar-refractivity contribution in [3.8, 4) is 6.07 Å². The average Bonchev–Trinajstić information content (AvgIpc) is 2.68. The second-order valence-electron chi connectivity index (χ2n) is 5.87. The summed E-state index contributed by atoms with van der Waals surface area (Å²) in [4.78, 5) is 21.6. The molecule has 1 aromatic heterocycles. The van der Waals surface area contributed by atoms with Gasteiger partial charge in [-0.3, -0.25) is 4.79 Å². The fourth-order valence-corrected chi connectivity index (χ4v) is 2.90. The van der Waals surface area contributed by atoms with E-state index in [0.29, 0.717) is 16.5 Å². The second kappa shape index (κ2) is 7.66. The Balaban J connectivity index is 1.99. The number of fused-ring (bicyclic) bond motifs is 1. The first-order valence-electron chi connectivity index (χ1n) is 8.62. The molecule has 0 aliphatic rings. The number of nitrogens with zero attached hydrogens (tertiary/aromatic N) is 3. The minimum Gasteiger partial charge on any atom is -0.372 e. The summed E-state index contributed by atoms with van der Waals surface area (Å²) in [6.07, 6.45) is 1.74. The monoisotopic (exact) mass is 344 g/mol. The number of hydrogen-bond donors (Lipinski definition) is 1. The Kier molecular flexibility index (Phi) is 5.14. The second-order valence-corrected chi connectivity index (χ2v) is 5.87. The van der Waals surface area contributed by atoms with Crippen molar-refractivity contribution < 1.29 is 0 Å². The van der Waals surface area contributed by atoms with Crippen LogP contribution in [0.15, 0.2) is 53.3 Å². The molecule has 0 saturated carbocycles. The SMILES string of the molecule is CCN(CC)c1ccc(/C=C(/C#N)c2nc3ccccc3c(=O)[nH]2)cc1. The van der Waals surface area contributed by atoms with Crippen LogP contribution in [0.4, 0.5) is 5.69 Å². The Bertz CT molecular complexity index is 1040. The molecule has 0 unspecified atom stereocenters. The van der Waals surface area contributed by atoms with E-state index < -0.39 is 0 Å². The van der Waals surface area contributed by atoms with Crippen LogP contribution < -0.4 is 10.5 Å². The third-order valence-corrected chi connectivity index (χ3v) is 4.32. The molecule has 1 N–H and O–H groups in total. The van der Waals surface area contributed by atoms with Crippen LogP contribution >= 0.6 is 0 Å². The predicted molar refractivity (Wildman–Crippen MR) is 106 cm³/mol. The van der Waals surface area contributed by atoms with Crippen LogP contribution in [-0.4, -0.2) is 23.1 Å². The molecule has 130 valence electrons. The minimum atomic E-state index is -0.247. The number of hydrogen-bond acceptors (Lipinski definition) is 4. The fraction of sp³-hybridized carbons (Fsp3) is 0.190. The highest BCUT2D eigenvalue weighted by atomic mass is 16.1. The summed E-state index contributed by atoms with van der Waals surface area (Å²) in [5.41, 5.74) is 2.67. The number of H-pyrrole nitrogens is 1. The van der Waals surface area contributed by atoms with E-state index in [4.69, 9.17) is 0 Å². The number of para-hydroxylation sites is 1. The number of rotatable bonds is 5. The quantitative estimate of drug-likeness (QED) is 0.714. The van der Waals surface area contributed by atoms with Crippen LogP contribution in [-0.2, 0) is 0 Å². The smallest absolute Gasteiger partial charge is 0.259 e. The van der Waals surface area contributed by atoms with Crippen LogP contribution in [0.2, 0.25) is 0 Å². The molecule has 2 aromatic carbocycles. The van der Waals surface area contributed by atoms with E-state index in [1.54, 1.807) is 24.3 Å². The van der Waals surface area contributed by atoms with Gasteiger partial charge in [-0.1, -0.05) is 24.3 Å². The summed E-state index contributed by atoms with van der Waals surface area (Å²) in [6, 6.07) is 17.2. The third-order valence-electron chi connectivity index (χ3n) is 4.32. The van der Waals surface area contributed by atoms with Gasteiger partial charge in [0, 0.05) is 18.8 Å². The van der Waals surface area contributed by atoms with Crippen molar-refractivity contribution in [2.75, 3.05) is 18.0 Å². The maximum Gasteiger partial charge on any atom is 0.259 e. The van der Waals surface area contributed by atoms with E-state index in [1.165, 1.54) is 0 Å². The van der Waals surface area contributed by atoms with Crippen molar-refractivity contribution in [2.45, 2.75) is 13.8 Å². The molecule has 0 saturated heterocycles. The highest BCUT2D eigenvalue weighted by Crippen LogP contribution is 2.19. The fourth-order valence-electron chi connectivity index (χ4n) is 2.90. The summed E-state index contributed by atoms with van der Waals surface area (Å²) in [5.74, 6) is 0.281. The lowest BCUT2D eigenvalue weighted by Crippen LogP contribution is -2.21. The summed E-state index contributed by atoms with van der Waals surface area (Å²) in [5, 5.41) is 10.0. The molecule has 0 bridgehead atoms. The van der Waals surface area contributed by atoms with Crippen LogP contribution in [0.1, 0.15) is 25.2 Å². The van der Waals surface area contributed by atoms with Gasteiger partial charge in [-0.2, -0.15) is 5.26 Å². The molecule has 0 spiro atoms. The standard InChI is InChI=1S/C21H20N4O/c1-3-25(4-2)17-11-9-15(10-12-17)13-16(14-22)20-23-19-8-6-5-7-18(19)21(26)24-20/h5-13H,3-4H2,1-2H3,(H,23,24,26)/b16-13-. The van der Waals surface area contributed by atoms with E-state index >= 15 is 0 Å². The van der Waals surface area contributed by atoms with Gasteiger partial charge in [0.1, 0.15) is 6.07 Å². The van der Waals surface area contributed by atoms with Gasteiger partial charge in [0.05, 0.1) is 16.5 Å². The zero-order valence-corrected chi connectivity index (χ0v) is 14.9. The average molecular weight is 344 g/mol. The molecule has 3 rings (SSSR count). The summed E-state index contributed by atoms with van der Waals surface area (Å²) < 4.78 is 0. The lowest BCUT2D eigenvalue weighted by atomic mass is 10.1. The van der Waals surface area contributed by atoms with Crippen LogP contribution in [0.3, 0.4) is 0 Å². The van der Waals surface area contributed by atoms with Crippen molar-refractivity contribution in [2.24, 2.45) is 0 Å². The molecule has 5 nitrogen and oxygen atoms in total. The number of anilines is 1. The molecule has 5 heteroatoms. The van der Waals surface area contributed by atoms with Crippen molar-refractivity contribution in [1.29, 1.82) is 5.26 Å². The Morgan fingerprint density at radius 3 is 2.50 bits per heavy atom. The highest BCUT2D eigenvalue weighted by molar-refractivity contribution is 5.89. The zero-order chi connectivity index (χ0) is 18.5. The van der Waals surface area contributed by atoms with Crippen molar-refractivity contribution >= 4 is 28.2 Å². The van der Waals surface area contributed by atoms with E-state index in [0.717, 1.165) is 24.3 Å². The van der Waals surface area contributed by atoms with Crippen LogP contribution in [0, 0.1) is 11.3 Å². The molecule has 0 radical (unpaired) electrons. The van der Waals surface area contributed by atoms with Gasteiger partial charge < -0.3 is 9.88 Å². The molecule has 26 heavy (non-hydrogen) atoms. The first kappa shape index (κ1) is 17.4.